The first kappa shape index (κ1) is 18.8. The van der Waals surface area contributed by atoms with Crippen LogP contribution in [0.1, 0.15) is 30.7 Å². The number of benzene rings is 1. The van der Waals surface area contributed by atoms with Gasteiger partial charge in [0.25, 0.3) is 0 Å². The third-order valence-electron chi connectivity index (χ3n) is 3.99. The van der Waals surface area contributed by atoms with Gasteiger partial charge in [0.2, 0.25) is 0 Å². The molecule has 1 N–H and O–H groups in total. The Morgan fingerprint density at radius 2 is 2.04 bits per heavy atom. The number of amides is 2. The summed E-state index contributed by atoms with van der Waals surface area (Å²) in [6.45, 7) is 6.92. The quantitative estimate of drug-likeness (QED) is 0.838. The Balaban J connectivity index is 1.80. The van der Waals surface area contributed by atoms with Crippen LogP contribution in [0.2, 0.25) is 0 Å². The number of aromatic nitrogens is 1. The zero-order valence-corrected chi connectivity index (χ0v) is 15.5. The molecule has 1 heterocycles. The van der Waals surface area contributed by atoms with Crippen LogP contribution >= 0.6 is 0 Å². The minimum Gasteiger partial charge on any atom is -0.491 e. The topological polar surface area (TPSA) is 54.5 Å². The van der Waals surface area contributed by atoms with E-state index in [1.807, 2.05) is 56.4 Å². The summed E-state index contributed by atoms with van der Waals surface area (Å²) < 4.78 is 5.78. The summed E-state index contributed by atoms with van der Waals surface area (Å²) in [7, 11) is 1.76. The Bertz CT molecular complexity index is 686. The lowest BCUT2D eigenvalue weighted by Gasteiger charge is -2.21. The monoisotopic (exact) mass is 341 g/mol. The molecular weight excluding hydrogens is 314 g/mol. The van der Waals surface area contributed by atoms with Gasteiger partial charge in [-0.2, -0.15) is 0 Å². The predicted molar refractivity (Wildman–Crippen MR) is 99.7 cm³/mol. The molecule has 1 aromatic carbocycles. The van der Waals surface area contributed by atoms with Crippen molar-refractivity contribution in [1.82, 2.24) is 15.2 Å². The maximum absolute atomic E-state index is 12.3. The van der Waals surface area contributed by atoms with E-state index in [9.17, 15) is 4.79 Å². The maximum Gasteiger partial charge on any atom is 0.317 e. The molecule has 0 aliphatic carbocycles. The fraction of sp³-hybridized carbons (Fsp3) is 0.400. The van der Waals surface area contributed by atoms with Crippen LogP contribution in [-0.4, -0.2) is 35.6 Å². The largest absolute Gasteiger partial charge is 0.491 e. The van der Waals surface area contributed by atoms with Crippen molar-refractivity contribution >= 4 is 6.03 Å². The average molecular weight is 341 g/mol. The Morgan fingerprint density at radius 3 is 2.68 bits per heavy atom. The number of nitrogens with zero attached hydrogens (tertiary/aromatic N) is 2. The number of nitrogens with one attached hydrogen (secondary N) is 1. The van der Waals surface area contributed by atoms with E-state index < -0.39 is 0 Å². The minimum absolute atomic E-state index is 0.0926. The molecule has 0 unspecified atom stereocenters. The highest BCUT2D eigenvalue weighted by atomic mass is 16.5. The van der Waals surface area contributed by atoms with Gasteiger partial charge in [0.15, 0.2) is 0 Å². The predicted octanol–water partition coefficient (Wildman–Crippen LogP) is 3.56. The van der Waals surface area contributed by atoms with Gasteiger partial charge in [-0.3, -0.25) is 4.98 Å². The van der Waals surface area contributed by atoms with Crippen LogP contribution < -0.4 is 10.1 Å². The SMILES string of the molecule is CCc1ccc(CN(C)C(=O)N[C@@H](C)COc2ccccc2C)nc1. The van der Waals surface area contributed by atoms with E-state index in [4.69, 9.17) is 4.74 Å². The molecule has 1 aromatic heterocycles. The van der Waals surface area contributed by atoms with E-state index in [2.05, 4.69) is 17.2 Å². The summed E-state index contributed by atoms with van der Waals surface area (Å²) in [5, 5.41) is 2.95. The Labute approximate surface area is 150 Å². The van der Waals surface area contributed by atoms with Crippen molar-refractivity contribution in [1.29, 1.82) is 0 Å². The second-order valence-electron chi connectivity index (χ2n) is 6.29. The van der Waals surface area contributed by atoms with Gasteiger partial charge >= 0.3 is 6.03 Å². The number of para-hydroxylation sites is 1. The zero-order valence-electron chi connectivity index (χ0n) is 15.5. The summed E-state index contributed by atoms with van der Waals surface area (Å²) in [6, 6.07) is 11.6. The number of aryl methyl sites for hydroxylation is 2. The van der Waals surface area contributed by atoms with Gasteiger partial charge in [-0.15, -0.1) is 0 Å². The lowest BCUT2D eigenvalue weighted by molar-refractivity contribution is 0.195. The number of carbonyl (C=O) groups is 1. The van der Waals surface area contributed by atoms with Crippen LogP contribution in [0.5, 0.6) is 5.75 Å². The van der Waals surface area contributed by atoms with Crippen LogP contribution in [-0.2, 0) is 13.0 Å². The van der Waals surface area contributed by atoms with Crippen LogP contribution in [0.3, 0.4) is 0 Å². The number of hydrogen-bond donors (Lipinski definition) is 1. The molecule has 0 radical (unpaired) electrons. The Kier molecular flexibility index (Phi) is 6.81. The highest BCUT2D eigenvalue weighted by molar-refractivity contribution is 5.74. The molecule has 2 amide bonds. The number of hydrogen-bond acceptors (Lipinski definition) is 3. The first-order valence-electron chi connectivity index (χ1n) is 8.63. The van der Waals surface area contributed by atoms with Gasteiger partial charge in [0.05, 0.1) is 18.3 Å². The molecule has 2 aromatic rings. The molecule has 5 heteroatoms. The first-order chi connectivity index (χ1) is 12.0. The molecule has 0 aliphatic rings. The number of urea groups is 1. The van der Waals surface area contributed by atoms with Crippen molar-refractivity contribution in [3.63, 3.8) is 0 Å². The summed E-state index contributed by atoms with van der Waals surface area (Å²) in [4.78, 5) is 18.3. The molecule has 1 atom stereocenters. The van der Waals surface area contributed by atoms with Crippen LogP contribution in [0.15, 0.2) is 42.6 Å². The normalized spacial score (nSPS) is 11.7. The lowest BCUT2D eigenvalue weighted by Crippen LogP contribution is -2.44. The van der Waals surface area contributed by atoms with Crippen molar-refractivity contribution in [3.8, 4) is 5.75 Å². The van der Waals surface area contributed by atoms with Crippen LogP contribution in [0, 0.1) is 6.92 Å². The standard InChI is InChI=1S/C20H27N3O2/c1-5-17-10-11-18(21-12-17)13-23(4)20(24)22-16(3)14-25-19-9-7-6-8-15(19)2/h6-12,16H,5,13-14H2,1-4H3,(H,22,24)/t16-/m0/s1. The minimum atomic E-state index is -0.137. The van der Waals surface area contributed by atoms with Gasteiger partial charge in [0.1, 0.15) is 12.4 Å². The molecule has 5 nitrogen and oxygen atoms in total. The van der Waals surface area contributed by atoms with E-state index >= 15 is 0 Å². The van der Waals surface area contributed by atoms with Crippen molar-refractivity contribution in [2.45, 2.75) is 39.8 Å². The third kappa shape index (κ3) is 5.78. The summed E-state index contributed by atoms with van der Waals surface area (Å²) in [6.07, 6.45) is 2.82. The second kappa shape index (κ2) is 9.06. The molecule has 2 rings (SSSR count). The first-order valence-corrected chi connectivity index (χ1v) is 8.63. The fourth-order valence-corrected chi connectivity index (χ4v) is 2.37. The highest BCUT2D eigenvalue weighted by Gasteiger charge is 2.13. The average Bonchev–Trinajstić information content (AvgIpc) is 2.61. The molecule has 0 aliphatic heterocycles. The molecule has 0 bridgehead atoms. The smallest absolute Gasteiger partial charge is 0.317 e. The van der Waals surface area contributed by atoms with E-state index in [1.165, 1.54) is 5.56 Å². The summed E-state index contributed by atoms with van der Waals surface area (Å²) in [5.74, 6) is 0.845. The summed E-state index contributed by atoms with van der Waals surface area (Å²) >= 11 is 0. The van der Waals surface area contributed by atoms with Crippen molar-refractivity contribution in [2.24, 2.45) is 0 Å². The van der Waals surface area contributed by atoms with Crippen LogP contribution in [0.25, 0.3) is 0 Å². The number of rotatable bonds is 7. The maximum atomic E-state index is 12.3. The van der Waals surface area contributed by atoms with Gasteiger partial charge in [0, 0.05) is 13.2 Å². The van der Waals surface area contributed by atoms with Crippen molar-refractivity contribution in [2.75, 3.05) is 13.7 Å². The highest BCUT2D eigenvalue weighted by Crippen LogP contribution is 2.16. The van der Waals surface area contributed by atoms with E-state index in [1.54, 1.807) is 11.9 Å². The molecular formula is C20H27N3O2. The van der Waals surface area contributed by atoms with Gasteiger partial charge in [-0.1, -0.05) is 31.2 Å². The van der Waals surface area contributed by atoms with E-state index in [0.29, 0.717) is 13.2 Å². The number of ether oxygens (including phenoxy) is 1. The fourth-order valence-electron chi connectivity index (χ4n) is 2.37. The molecule has 25 heavy (non-hydrogen) atoms. The number of carbonyl (C=O) groups excluding carboxylic acids is 1. The molecule has 0 saturated heterocycles. The third-order valence-corrected chi connectivity index (χ3v) is 3.99. The molecule has 0 spiro atoms. The second-order valence-corrected chi connectivity index (χ2v) is 6.29. The number of pyridine rings is 1. The van der Waals surface area contributed by atoms with Gasteiger partial charge < -0.3 is 15.0 Å². The molecule has 0 saturated carbocycles. The molecule has 134 valence electrons. The van der Waals surface area contributed by atoms with Gasteiger partial charge in [-0.05, 0) is 43.5 Å². The van der Waals surface area contributed by atoms with E-state index in [-0.39, 0.29) is 12.1 Å². The Hall–Kier alpha value is -2.56. The zero-order chi connectivity index (χ0) is 18.2. The van der Waals surface area contributed by atoms with Crippen LogP contribution in [0.4, 0.5) is 4.79 Å². The Morgan fingerprint density at radius 1 is 1.28 bits per heavy atom. The molecule has 0 fully saturated rings. The lowest BCUT2D eigenvalue weighted by atomic mass is 10.2. The van der Waals surface area contributed by atoms with Crippen molar-refractivity contribution in [3.05, 3.63) is 59.4 Å². The summed E-state index contributed by atoms with van der Waals surface area (Å²) in [5.41, 5.74) is 3.15. The van der Waals surface area contributed by atoms with Gasteiger partial charge in [-0.25, -0.2) is 4.79 Å². The van der Waals surface area contributed by atoms with E-state index in [0.717, 1.165) is 23.4 Å². The van der Waals surface area contributed by atoms with Crippen molar-refractivity contribution < 1.29 is 9.53 Å².